The third-order valence-corrected chi connectivity index (χ3v) is 6.37. The molecule has 2 amide bonds. The van der Waals surface area contributed by atoms with E-state index in [0.29, 0.717) is 23.2 Å². The van der Waals surface area contributed by atoms with Gasteiger partial charge in [-0.2, -0.15) is 0 Å². The molecule has 214 valence electrons. The third-order valence-electron chi connectivity index (χ3n) is 6.37. The Hall–Kier alpha value is -4.80. The zero-order chi connectivity index (χ0) is 29.9. The average Bonchev–Trinajstić information content (AvgIpc) is 3.37. The molecule has 2 atom stereocenters. The number of ether oxygens (including phenoxy) is 1. The molecule has 0 saturated heterocycles. The number of alkyl carbamates (subject to hydrolysis) is 1. The maximum Gasteiger partial charge on any atom is 0.408 e. The highest BCUT2D eigenvalue weighted by atomic mass is 19.1. The van der Waals surface area contributed by atoms with Crippen LogP contribution in [0.1, 0.15) is 74.6 Å². The number of aliphatic carboxylic acids is 1. The molecule has 3 N–H and O–H groups in total. The Bertz CT molecular complexity index is 1610. The summed E-state index contributed by atoms with van der Waals surface area (Å²) >= 11 is 0. The van der Waals surface area contributed by atoms with Crippen LogP contribution in [0.2, 0.25) is 0 Å². The molecule has 4 aromatic rings. The Labute approximate surface area is 236 Å². The van der Waals surface area contributed by atoms with Gasteiger partial charge in [0.25, 0.3) is 5.91 Å². The zero-order valence-corrected chi connectivity index (χ0v) is 23.4. The second kappa shape index (κ2) is 11.7. The Balaban J connectivity index is 1.70. The maximum atomic E-state index is 15.8. The lowest BCUT2D eigenvalue weighted by atomic mass is 9.95. The van der Waals surface area contributed by atoms with E-state index in [-0.39, 0.29) is 22.6 Å². The average molecular weight is 562 g/mol. The molecule has 0 fully saturated rings. The molecule has 1 unspecified atom stereocenters. The first-order valence-electron chi connectivity index (χ1n) is 13.2. The van der Waals surface area contributed by atoms with E-state index >= 15 is 4.39 Å². The van der Waals surface area contributed by atoms with E-state index < -0.39 is 41.3 Å². The van der Waals surface area contributed by atoms with Crippen LogP contribution >= 0.6 is 0 Å². The van der Waals surface area contributed by atoms with Gasteiger partial charge in [0.05, 0.1) is 23.0 Å². The first kappa shape index (κ1) is 29.2. The van der Waals surface area contributed by atoms with Crippen LogP contribution in [0.15, 0.2) is 60.8 Å². The Morgan fingerprint density at radius 2 is 1.76 bits per heavy atom. The minimum absolute atomic E-state index is 0.0251. The van der Waals surface area contributed by atoms with Gasteiger partial charge in [-0.15, -0.1) is 5.10 Å². The summed E-state index contributed by atoms with van der Waals surface area (Å²) in [6.07, 6.45) is 1.25. The predicted molar refractivity (Wildman–Crippen MR) is 151 cm³/mol. The molecule has 2 heterocycles. The van der Waals surface area contributed by atoms with Gasteiger partial charge in [0.2, 0.25) is 0 Å². The molecule has 0 spiro atoms. The minimum atomic E-state index is -1.00. The molecule has 11 heteroatoms. The first-order chi connectivity index (χ1) is 19.4. The van der Waals surface area contributed by atoms with Gasteiger partial charge >= 0.3 is 12.1 Å². The van der Waals surface area contributed by atoms with E-state index in [1.807, 2.05) is 0 Å². The van der Waals surface area contributed by atoms with Gasteiger partial charge in [0, 0.05) is 17.4 Å². The molecule has 0 bridgehead atoms. The van der Waals surface area contributed by atoms with Crippen molar-refractivity contribution in [3.63, 3.8) is 0 Å². The lowest BCUT2D eigenvalue weighted by molar-refractivity contribution is -0.138. The van der Waals surface area contributed by atoms with E-state index in [9.17, 15) is 19.5 Å². The summed E-state index contributed by atoms with van der Waals surface area (Å²) in [4.78, 5) is 42.0. The number of carboxylic acids is 1. The number of amides is 2. The molecule has 0 aliphatic rings. The SMILES string of the molecule is CC[C@@H](C(=O)O)c1ccccc1NC(=O)c1nc(-c2cccc(C(C)NC(=O)OC(C)(C)C)c2F)nn2cccc12. The van der Waals surface area contributed by atoms with E-state index in [1.54, 1.807) is 83.3 Å². The van der Waals surface area contributed by atoms with Crippen molar-refractivity contribution in [2.75, 3.05) is 5.32 Å². The van der Waals surface area contributed by atoms with E-state index in [1.165, 1.54) is 16.6 Å². The fourth-order valence-electron chi connectivity index (χ4n) is 4.46. The normalized spacial score (nSPS) is 12.9. The Morgan fingerprint density at radius 1 is 1.05 bits per heavy atom. The monoisotopic (exact) mass is 561 g/mol. The fourth-order valence-corrected chi connectivity index (χ4v) is 4.46. The number of para-hydroxylation sites is 1. The van der Waals surface area contributed by atoms with Crippen LogP contribution in [0.25, 0.3) is 16.9 Å². The molecular formula is C30H32FN5O5. The number of anilines is 1. The number of aromatic nitrogens is 3. The number of carboxylic acid groups (broad SMARTS) is 1. The number of hydrogen-bond acceptors (Lipinski definition) is 6. The summed E-state index contributed by atoms with van der Waals surface area (Å²) < 4.78 is 22.5. The van der Waals surface area contributed by atoms with Crippen LogP contribution in [-0.2, 0) is 9.53 Å². The van der Waals surface area contributed by atoms with Gasteiger partial charge in [-0.05, 0) is 63.9 Å². The summed E-state index contributed by atoms with van der Waals surface area (Å²) in [5.41, 5.74) is 0.653. The van der Waals surface area contributed by atoms with Gasteiger partial charge in [-0.3, -0.25) is 9.59 Å². The van der Waals surface area contributed by atoms with E-state index in [0.717, 1.165) is 0 Å². The number of hydrogen-bond donors (Lipinski definition) is 3. The number of halogens is 1. The second-order valence-corrected chi connectivity index (χ2v) is 10.5. The topological polar surface area (TPSA) is 135 Å². The summed E-state index contributed by atoms with van der Waals surface area (Å²) in [7, 11) is 0. The van der Waals surface area contributed by atoms with Gasteiger partial charge in [0.1, 0.15) is 11.4 Å². The third kappa shape index (κ3) is 6.51. The van der Waals surface area contributed by atoms with Gasteiger partial charge in [-0.25, -0.2) is 18.7 Å². The predicted octanol–water partition coefficient (Wildman–Crippen LogP) is 5.95. The van der Waals surface area contributed by atoms with Crippen molar-refractivity contribution in [2.24, 2.45) is 0 Å². The lowest BCUT2D eigenvalue weighted by Crippen LogP contribution is -2.34. The lowest BCUT2D eigenvalue weighted by Gasteiger charge is -2.22. The van der Waals surface area contributed by atoms with Crippen molar-refractivity contribution in [1.29, 1.82) is 0 Å². The van der Waals surface area contributed by atoms with Crippen LogP contribution in [0, 0.1) is 5.82 Å². The zero-order valence-electron chi connectivity index (χ0n) is 23.4. The van der Waals surface area contributed by atoms with Crippen LogP contribution in [0.3, 0.4) is 0 Å². The number of rotatable bonds is 8. The standard InChI is InChI=1S/C30H32FN5O5/c1-6-18(28(38)39)20-11-7-8-14-22(20)33-27(37)25-23-15-10-16-36(23)35-26(34-25)21-13-9-12-19(24(21)31)17(2)32-29(40)41-30(3,4)5/h7-18H,6H2,1-5H3,(H,32,40)(H,33,37)(H,38,39)/t17?,18-/m1/s1. The van der Waals surface area contributed by atoms with E-state index in [4.69, 9.17) is 4.74 Å². The van der Waals surface area contributed by atoms with Gasteiger partial charge in [0.15, 0.2) is 11.5 Å². The van der Waals surface area contributed by atoms with Crippen molar-refractivity contribution < 1.29 is 28.6 Å². The van der Waals surface area contributed by atoms with Gasteiger partial charge < -0.3 is 20.5 Å². The molecule has 0 saturated carbocycles. The molecule has 10 nitrogen and oxygen atoms in total. The number of carbonyl (C=O) groups is 3. The molecule has 0 aliphatic heterocycles. The minimum Gasteiger partial charge on any atom is -0.481 e. The Kier molecular flexibility index (Phi) is 8.36. The number of nitrogens with one attached hydrogen (secondary N) is 2. The summed E-state index contributed by atoms with van der Waals surface area (Å²) in [5, 5.41) is 19.5. The highest BCUT2D eigenvalue weighted by Crippen LogP contribution is 2.30. The maximum absolute atomic E-state index is 15.8. The largest absolute Gasteiger partial charge is 0.481 e. The number of carbonyl (C=O) groups excluding carboxylic acids is 2. The van der Waals surface area contributed by atoms with Crippen LogP contribution in [0.4, 0.5) is 14.9 Å². The van der Waals surface area contributed by atoms with Crippen LogP contribution in [0.5, 0.6) is 0 Å². The summed E-state index contributed by atoms with van der Waals surface area (Å²) in [6, 6.07) is 13.9. The second-order valence-electron chi connectivity index (χ2n) is 10.5. The molecule has 2 aromatic heterocycles. The molecule has 41 heavy (non-hydrogen) atoms. The molecule has 0 aliphatic carbocycles. The summed E-state index contributed by atoms with van der Waals surface area (Å²) in [5.74, 6) is -3.13. The first-order valence-corrected chi connectivity index (χ1v) is 13.2. The van der Waals surface area contributed by atoms with Crippen molar-refractivity contribution in [3.8, 4) is 11.4 Å². The van der Waals surface area contributed by atoms with E-state index in [2.05, 4.69) is 20.7 Å². The number of benzene rings is 2. The fraction of sp³-hybridized carbons (Fsp3) is 0.300. The van der Waals surface area contributed by atoms with Crippen molar-refractivity contribution in [2.45, 2.75) is 58.6 Å². The van der Waals surface area contributed by atoms with Crippen molar-refractivity contribution >= 4 is 29.2 Å². The Morgan fingerprint density at radius 3 is 2.44 bits per heavy atom. The quantitative estimate of drug-likeness (QED) is 0.242. The molecule has 0 radical (unpaired) electrons. The van der Waals surface area contributed by atoms with Crippen LogP contribution < -0.4 is 10.6 Å². The van der Waals surface area contributed by atoms with Crippen molar-refractivity contribution in [1.82, 2.24) is 19.9 Å². The molecular weight excluding hydrogens is 529 g/mol. The molecule has 4 rings (SSSR count). The number of nitrogens with zero attached hydrogens (tertiary/aromatic N) is 3. The van der Waals surface area contributed by atoms with Crippen molar-refractivity contribution in [3.05, 3.63) is 83.4 Å². The van der Waals surface area contributed by atoms with Crippen LogP contribution in [-0.4, -0.2) is 43.3 Å². The smallest absolute Gasteiger partial charge is 0.408 e. The highest BCUT2D eigenvalue weighted by molar-refractivity contribution is 6.08. The van der Waals surface area contributed by atoms with Gasteiger partial charge in [-0.1, -0.05) is 37.3 Å². The molecule has 2 aromatic carbocycles. The summed E-state index contributed by atoms with van der Waals surface area (Å²) in [6.45, 7) is 8.57. The highest BCUT2D eigenvalue weighted by Gasteiger charge is 2.25. The number of fused-ring (bicyclic) bond motifs is 1.